The molecule has 100 valence electrons. The zero-order chi connectivity index (χ0) is 14.4. The van der Waals surface area contributed by atoms with Crippen LogP contribution in [0.5, 0.6) is 0 Å². The Morgan fingerprint density at radius 3 is 2.84 bits per heavy atom. The van der Waals surface area contributed by atoms with Crippen LogP contribution in [0.1, 0.15) is 10.4 Å². The van der Waals surface area contributed by atoms with Crippen LogP contribution in [0, 0.1) is 17.1 Å². The number of ether oxygens (including phenoxy) is 1. The lowest BCUT2D eigenvalue weighted by Crippen LogP contribution is -2.29. The van der Waals surface area contributed by atoms with E-state index in [-0.39, 0.29) is 22.3 Å². The van der Waals surface area contributed by atoms with Crippen molar-refractivity contribution >= 4 is 33.5 Å². The minimum atomic E-state index is -0.828. The second-order valence-corrected chi connectivity index (χ2v) is 4.22. The summed E-state index contributed by atoms with van der Waals surface area (Å²) in [6.45, 7) is -0.714. The van der Waals surface area contributed by atoms with Crippen molar-refractivity contribution in [1.29, 1.82) is 5.26 Å². The maximum absolute atomic E-state index is 13.1. The third-order valence-corrected chi connectivity index (χ3v) is 2.66. The SMILES string of the molecule is N#CCNC(=O)COC(=O)c1cc(N)c(F)cc1Br. The second-order valence-electron chi connectivity index (χ2n) is 3.36. The first-order valence-corrected chi connectivity index (χ1v) is 5.80. The summed E-state index contributed by atoms with van der Waals surface area (Å²) in [6.07, 6.45) is 0. The molecule has 0 atom stereocenters. The Labute approximate surface area is 116 Å². The molecule has 8 heteroatoms. The van der Waals surface area contributed by atoms with Gasteiger partial charge in [-0.3, -0.25) is 4.79 Å². The Kier molecular flexibility index (Phi) is 5.26. The van der Waals surface area contributed by atoms with E-state index in [9.17, 15) is 14.0 Å². The van der Waals surface area contributed by atoms with Gasteiger partial charge < -0.3 is 15.8 Å². The molecule has 1 aromatic rings. The molecule has 0 heterocycles. The number of halogens is 2. The van der Waals surface area contributed by atoms with Crippen LogP contribution in [0.25, 0.3) is 0 Å². The molecule has 0 unspecified atom stereocenters. The van der Waals surface area contributed by atoms with E-state index in [1.807, 2.05) is 0 Å². The Morgan fingerprint density at radius 1 is 1.53 bits per heavy atom. The minimum Gasteiger partial charge on any atom is -0.452 e. The molecule has 3 N–H and O–H groups in total. The van der Waals surface area contributed by atoms with Gasteiger partial charge in [0.15, 0.2) is 6.61 Å². The fraction of sp³-hybridized carbons (Fsp3) is 0.182. The molecule has 6 nitrogen and oxygen atoms in total. The Bertz CT molecular complexity index is 557. The highest BCUT2D eigenvalue weighted by molar-refractivity contribution is 9.10. The van der Waals surface area contributed by atoms with Gasteiger partial charge in [0.25, 0.3) is 5.91 Å². The number of anilines is 1. The van der Waals surface area contributed by atoms with Crippen molar-refractivity contribution in [2.75, 3.05) is 18.9 Å². The minimum absolute atomic E-state index is 0.00647. The highest BCUT2D eigenvalue weighted by Crippen LogP contribution is 2.23. The summed E-state index contributed by atoms with van der Waals surface area (Å²) < 4.78 is 17.9. The molecule has 0 saturated carbocycles. The molecular formula is C11H9BrFN3O3. The van der Waals surface area contributed by atoms with E-state index in [0.717, 1.165) is 12.1 Å². The smallest absolute Gasteiger partial charge is 0.339 e. The number of carbonyl (C=O) groups excluding carboxylic acids is 2. The first-order chi connectivity index (χ1) is 8.95. The van der Waals surface area contributed by atoms with Gasteiger partial charge >= 0.3 is 5.97 Å². The van der Waals surface area contributed by atoms with Gasteiger partial charge in [-0.15, -0.1) is 0 Å². The molecule has 0 aliphatic heterocycles. The number of benzene rings is 1. The summed E-state index contributed by atoms with van der Waals surface area (Å²) in [5, 5.41) is 10.4. The number of rotatable bonds is 4. The summed E-state index contributed by atoms with van der Waals surface area (Å²) >= 11 is 2.99. The molecule has 0 bridgehead atoms. The van der Waals surface area contributed by atoms with E-state index in [1.165, 1.54) is 0 Å². The van der Waals surface area contributed by atoms with Gasteiger partial charge in [-0.05, 0) is 28.1 Å². The zero-order valence-corrected chi connectivity index (χ0v) is 11.2. The van der Waals surface area contributed by atoms with E-state index in [2.05, 4.69) is 21.2 Å². The van der Waals surface area contributed by atoms with Gasteiger partial charge in [0.2, 0.25) is 0 Å². The van der Waals surface area contributed by atoms with Crippen molar-refractivity contribution in [2.45, 2.75) is 0 Å². The summed E-state index contributed by atoms with van der Waals surface area (Å²) in [7, 11) is 0. The highest BCUT2D eigenvalue weighted by atomic mass is 79.9. The van der Waals surface area contributed by atoms with E-state index < -0.39 is 24.3 Å². The van der Waals surface area contributed by atoms with Crippen LogP contribution in [0.3, 0.4) is 0 Å². The van der Waals surface area contributed by atoms with Crippen LogP contribution in [0.2, 0.25) is 0 Å². The zero-order valence-electron chi connectivity index (χ0n) is 9.57. The topological polar surface area (TPSA) is 105 Å². The third-order valence-electron chi connectivity index (χ3n) is 2.01. The van der Waals surface area contributed by atoms with Crippen LogP contribution in [-0.2, 0) is 9.53 Å². The third kappa shape index (κ3) is 4.22. The van der Waals surface area contributed by atoms with Crippen molar-refractivity contribution in [1.82, 2.24) is 5.32 Å². The fourth-order valence-electron chi connectivity index (χ4n) is 1.12. The van der Waals surface area contributed by atoms with Gasteiger partial charge in [-0.1, -0.05) is 0 Å². The van der Waals surface area contributed by atoms with E-state index in [1.54, 1.807) is 6.07 Å². The fourth-order valence-corrected chi connectivity index (χ4v) is 1.60. The Hall–Kier alpha value is -2.14. The molecular weight excluding hydrogens is 321 g/mol. The van der Waals surface area contributed by atoms with Gasteiger partial charge in [0.05, 0.1) is 17.3 Å². The van der Waals surface area contributed by atoms with Crippen molar-refractivity contribution in [3.63, 3.8) is 0 Å². The molecule has 1 aromatic carbocycles. The normalized spacial score (nSPS) is 9.53. The first-order valence-electron chi connectivity index (χ1n) is 5.01. The first kappa shape index (κ1) is 14.9. The molecule has 0 aliphatic rings. The number of carbonyl (C=O) groups is 2. The number of esters is 1. The van der Waals surface area contributed by atoms with Crippen molar-refractivity contribution < 1.29 is 18.7 Å². The maximum Gasteiger partial charge on any atom is 0.339 e. The van der Waals surface area contributed by atoms with Gasteiger partial charge in [-0.2, -0.15) is 5.26 Å². The number of nitriles is 1. The Balaban J connectivity index is 2.67. The predicted molar refractivity (Wildman–Crippen MR) is 67.4 cm³/mol. The molecule has 0 aromatic heterocycles. The summed E-state index contributed by atoms with van der Waals surface area (Å²) in [4.78, 5) is 22.7. The Morgan fingerprint density at radius 2 is 2.21 bits per heavy atom. The molecule has 19 heavy (non-hydrogen) atoms. The number of nitrogens with zero attached hydrogens (tertiary/aromatic N) is 1. The van der Waals surface area contributed by atoms with Crippen molar-refractivity contribution in [2.24, 2.45) is 0 Å². The maximum atomic E-state index is 13.1. The summed E-state index contributed by atoms with van der Waals surface area (Å²) in [6, 6.07) is 3.84. The lowest BCUT2D eigenvalue weighted by atomic mass is 10.2. The lowest BCUT2D eigenvalue weighted by molar-refractivity contribution is -0.123. The summed E-state index contributed by atoms with van der Waals surface area (Å²) in [5.74, 6) is -2.11. The standard InChI is InChI=1S/C11H9BrFN3O3/c12-7-4-8(13)9(15)3-6(7)11(18)19-5-10(17)16-2-1-14/h3-4H,2,5,15H2,(H,16,17). The number of nitrogen functional groups attached to an aromatic ring is 1. The number of hydrogen-bond donors (Lipinski definition) is 2. The molecule has 1 rings (SSSR count). The van der Waals surface area contributed by atoms with Crippen LogP contribution < -0.4 is 11.1 Å². The largest absolute Gasteiger partial charge is 0.452 e. The number of amides is 1. The predicted octanol–water partition coefficient (Wildman–Crippen LogP) is 0.967. The number of nitrogens with two attached hydrogens (primary N) is 1. The van der Waals surface area contributed by atoms with Crippen LogP contribution in [0.15, 0.2) is 16.6 Å². The molecule has 0 saturated heterocycles. The van der Waals surface area contributed by atoms with Gasteiger partial charge in [-0.25, -0.2) is 9.18 Å². The number of hydrogen-bond acceptors (Lipinski definition) is 5. The highest BCUT2D eigenvalue weighted by Gasteiger charge is 2.15. The average molecular weight is 330 g/mol. The van der Waals surface area contributed by atoms with E-state index >= 15 is 0 Å². The van der Waals surface area contributed by atoms with Crippen molar-refractivity contribution in [3.8, 4) is 6.07 Å². The second kappa shape index (κ2) is 6.70. The lowest BCUT2D eigenvalue weighted by Gasteiger charge is -2.07. The summed E-state index contributed by atoms with van der Waals surface area (Å²) in [5.41, 5.74) is 5.13. The van der Waals surface area contributed by atoms with Gasteiger partial charge in [0, 0.05) is 4.47 Å². The van der Waals surface area contributed by atoms with E-state index in [4.69, 9.17) is 15.7 Å². The average Bonchev–Trinajstić information content (AvgIpc) is 2.37. The van der Waals surface area contributed by atoms with Gasteiger partial charge in [0.1, 0.15) is 12.4 Å². The molecule has 0 spiro atoms. The molecule has 0 aliphatic carbocycles. The quantitative estimate of drug-likeness (QED) is 0.486. The van der Waals surface area contributed by atoms with Crippen LogP contribution >= 0.6 is 15.9 Å². The van der Waals surface area contributed by atoms with E-state index in [0.29, 0.717) is 0 Å². The van der Waals surface area contributed by atoms with Crippen molar-refractivity contribution in [3.05, 3.63) is 28.0 Å². The molecule has 0 radical (unpaired) electrons. The van der Waals surface area contributed by atoms with Crippen LogP contribution in [-0.4, -0.2) is 25.0 Å². The monoisotopic (exact) mass is 329 g/mol. The van der Waals surface area contributed by atoms with Crippen LogP contribution in [0.4, 0.5) is 10.1 Å². The number of nitrogens with one attached hydrogen (secondary N) is 1. The molecule has 1 amide bonds. The molecule has 0 fully saturated rings.